The predicted molar refractivity (Wildman–Crippen MR) is 104 cm³/mol. The maximum atomic E-state index is 12.9. The van der Waals surface area contributed by atoms with Gasteiger partial charge in [0.15, 0.2) is 23.1 Å². The van der Waals surface area contributed by atoms with Gasteiger partial charge in [-0.1, -0.05) is 29.8 Å². The van der Waals surface area contributed by atoms with Crippen molar-refractivity contribution in [1.29, 1.82) is 0 Å². The lowest BCUT2D eigenvalue weighted by molar-refractivity contribution is -0.179. The maximum Gasteiger partial charge on any atom is 0.471 e. The molecule has 3 aromatic rings. The first kappa shape index (κ1) is 22.0. The minimum atomic E-state index is -5.11. The van der Waals surface area contributed by atoms with Crippen LogP contribution in [0.3, 0.4) is 0 Å². The Bertz CT molecular complexity index is 1140. The summed E-state index contributed by atoms with van der Waals surface area (Å²) in [7, 11) is 0. The SMILES string of the molecule is O=C(O[C@H]1[C@H](n2cnc3c(Cl)ncnc32)OCC[C@H]1NC(=O)C(F)(F)F)c1ccccc1. The zero-order valence-electron chi connectivity index (χ0n) is 16.1. The van der Waals surface area contributed by atoms with E-state index in [1.807, 2.05) is 5.32 Å². The van der Waals surface area contributed by atoms with Gasteiger partial charge in [0.1, 0.15) is 11.8 Å². The van der Waals surface area contributed by atoms with Crippen LogP contribution in [0.25, 0.3) is 11.2 Å². The Balaban J connectivity index is 1.70. The monoisotopic (exact) mass is 469 g/mol. The summed E-state index contributed by atoms with van der Waals surface area (Å²) in [6.45, 7) is -0.0225. The van der Waals surface area contributed by atoms with Gasteiger partial charge in [-0.15, -0.1) is 0 Å². The molecule has 32 heavy (non-hydrogen) atoms. The molecule has 1 aliphatic heterocycles. The minimum absolute atomic E-state index is 0.0204. The third kappa shape index (κ3) is 4.36. The van der Waals surface area contributed by atoms with Crippen LogP contribution in [0.4, 0.5) is 13.2 Å². The third-order valence-electron chi connectivity index (χ3n) is 4.81. The molecule has 168 valence electrons. The number of nitrogens with one attached hydrogen (secondary N) is 1. The molecule has 0 unspecified atom stereocenters. The Morgan fingerprint density at radius 3 is 2.66 bits per heavy atom. The molecule has 0 spiro atoms. The van der Waals surface area contributed by atoms with Crippen molar-refractivity contribution in [2.24, 2.45) is 0 Å². The number of rotatable bonds is 4. The number of esters is 1. The number of nitrogens with zero attached hydrogens (tertiary/aromatic N) is 4. The second-order valence-electron chi connectivity index (χ2n) is 6.85. The summed E-state index contributed by atoms with van der Waals surface area (Å²) in [5, 5.41) is 1.96. The van der Waals surface area contributed by atoms with E-state index in [-0.39, 0.29) is 34.9 Å². The molecular weight excluding hydrogens is 455 g/mol. The number of carbonyl (C=O) groups is 2. The molecule has 0 radical (unpaired) electrons. The molecule has 2 aromatic heterocycles. The van der Waals surface area contributed by atoms with Crippen LogP contribution in [0.15, 0.2) is 43.0 Å². The highest BCUT2D eigenvalue weighted by atomic mass is 35.5. The normalized spacial score (nSPS) is 21.3. The molecule has 9 nitrogen and oxygen atoms in total. The number of imidazole rings is 1. The van der Waals surface area contributed by atoms with Crippen LogP contribution in [0.2, 0.25) is 5.15 Å². The fraction of sp³-hybridized carbons (Fsp3) is 0.316. The van der Waals surface area contributed by atoms with E-state index in [2.05, 4.69) is 15.0 Å². The van der Waals surface area contributed by atoms with Gasteiger partial charge in [-0.05, 0) is 18.6 Å². The van der Waals surface area contributed by atoms with E-state index < -0.39 is 36.4 Å². The molecule has 13 heteroatoms. The van der Waals surface area contributed by atoms with Crippen molar-refractivity contribution in [2.45, 2.75) is 31.0 Å². The number of amides is 1. The van der Waals surface area contributed by atoms with Gasteiger partial charge in [0, 0.05) is 0 Å². The fourth-order valence-electron chi connectivity index (χ4n) is 3.33. The average Bonchev–Trinajstić information content (AvgIpc) is 3.20. The highest BCUT2D eigenvalue weighted by Crippen LogP contribution is 2.31. The van der Waals surface area contributed by atoms with E-state index in [4.69, 9.17) is 21.1 Å². The number of aromatic nitrogens is 4. The zero-order valence-corrected chi connectivity index (χ0v) is 16.9. The van der Waals surface area contributed by atoms with Gasteiger partial charge in [-0.2, -0.15) is 13.2 Å². The molecule has 4 rings (SSSR count). The standard InChI is InChI=1S/C19H15ClF3N5O4/c20-14-12-15(25-8-24-14)28(9-26-12)16-13(32-17(29)10-4-2-1-3-5-10)11(6-7-31-16)27-18(30)19(21,22)23/h1-5,8-9,11,13,16H,6-7H2,(H,27,30)/t11-,13-,16-/m1/s1. The van der Waals surface area contributed by atoms with E-state index in [0.29, 0.717) is 0 Å². The van der Waals surface area contributed by atoms with Crippen molar-refractivity contribution in [3.8, 4) is 0 Å². The highest BCUT2D eigenvalue weighted by molar-refractivity contribution is 6.33. The fourth-order valence-corrected chi connectivity index (χ4v) is 3.51. The molecule has 0 bridgehead atoms. The molecule has 1 amide bonds. The lowest BCUT2D eigenvalue weighted by atomic mass is 10.0. The summed E-state index contributed by atoms with van der Waals surface area (Å²) in [5.74, 6) is -2.95. The number of hydrogen-bond acceptors (Lipinski definition) is 7. The summed E-state index contributed by atoms with van der Waals surface area (Å²) in [6, 6.07) is 6.70. The summed E-state index contributed by atoms with van der Waals surface area (Å²) >= 11 is 6.02. The van der Waals surface area contributed by atoms with E-state index in [1.165, 1.54) is 29.4 Å². The quantitative estimate of drug-likeness (QED) is 0.462. The van der Waals surface area contributed by atoms with Crippen LogP contribution in [0.5, 0.6) is 0 Å². The Labute approximate surface area is 183 Å². The largest absolute Gasteiger partial charge is 0.471 e. The summed E-state index contributed by atoms with van der Waals surface area (Å²) in [4.78, 5) is 36.3. The topological polar surface area (TPSA) is 108 Å². The first-order valence-electron chi connectivity index (χ1n) is 9.34. The number of benzene rings is 1. The van der Waals surface area contributed by atoms with Gasteiger partial charge in [0.2, 0.25) is 0 Å². The van der Waals surface area contributed by atoms with Crippen molar-refractivity contribution >= 4 is 34.6 Å². The van der Waals surface area contributed by atoms with Crippen LogP contribution in [-0.2, 0) is 14.3 Å². The van der Waals surface area contributed by atoms with Gasteiger partial charge in [-0.25, -0.2) is 19.7 Å². The van der Waals surface area contributed by atoms with E-state index in [9.17, 15) is 22.8 Å². The molecular formula is C19H15ClF3N5O4. The summed E-state index contributed by atoms with van der Waals surface area (Å²) < 4.78 is 51.3. The van der Waals surface area contributed by atoms with Gasteiger partial charge in [0.05, 0.1) is 24.5 Å². The molecule has 0 aliphatic carbocycles. The first-order valence-corrected chi connectivity index (χ1v) is 9.72. The Hall–Kier alpha value is -3.25. The summed E-state index contributed by atoms with van der Waals surface area (Å²) in [5.41, 5.74) is 0.629. The molecule has 1 aromatic carbocycles. The third-order valence-corrected chi connectivity index (χ3v) is 5.09. The molecule has 3 atom stereocenters. The van der Waals surface area contributed by atoms with Gasteiger partial charge in [-0.3, -0.25) is 9.36 Å². The number of alkyl halides is 3. The second-order valence-corrected chi connectivity index (χ2v) is 7.21. The average molecular weight is 470 g/mol. The van der Waals surface area contributed by atoms with Crippen molar-refractivity contribution in [2.75, 3.05) is 6.61 Å². The second kappa shape index (κ2) is 8.71. The maximum absolute atomic E-state index is 12.9. The van der Waals surface area contributed by atoms with Crippen LogP contribution in [0.1, 0.15) is 23.0 Å². The number of fused-ring (bicyclic) bond motifs is 1. The van der Waals surface area contributed by atoms with Crippen LogP contribution in [-0.4, -0.2) is 56.3 Å². The highest BCUT2D eigenvalue weighted by Gasteiger charge is 2.45. The molecule has 1 aliphatic rings. The summed E-state index contributed by atoms with van der Waals surface area (Å²) in [6.07, 6.45) is -5.11. The first-order chi connectivity index (χ1) is 15.3. The minimum Gasteiger partial charge on any atom is -0.452 e. The molecule has 0 saturated carbocycles. The molecule has 1 saturated heterocycles. The molecule has 1 N–H and O–H groups in total. The Kier molecular flexibility index (Phi) is 5.98. The predicted octanol–water partition coefficient (Wildman–Crippen LogP) is 2.67. The van der Waals surface area contributed by atoms with Crippen LogP contribution in [0, 0.1) is 0 Å². The number of carbonyl (C=O) groups excluding carboxylic acids is 2. The van der Waals surface area contributed by atoms with Gasteiger partial charge in [0.25, 0.3) is 0 Å². The van der Waals surface area contributed by atoms with Crippen molar-refractivity contribution in [3.05, 3.63) is 53.7 Å². The Morgan fingerprint density at radius 2 is 1.94 bits per heavy atom. The van der Waals surface area contributed by atoms with E-state index in [0.717, 1.165) is 0 Å². The van der Waals surface area contributed by atoms with Crippen molar-refractivity contribution < 1.29 is 32.2 Å². The van der Waals surface area contributed by atoms with Crippen molar-refractivity contribution in [3.63, 3.8) is 0 Å². The van der Waals surface area contributed by atoms with E-state index >= 15 is 0 Å². The Morgan fingerprint density at radius 1 is 1.19 bits per heavy atom. The smallest absolute Gasteiger partial charge is 0.452 e. The number of ether oxygens (including phenoxy) is 2. The number of halogens is 4. The lowest BCUT2D eigenvalue weighted by Gasteiger charge is -2.38. The van der Waals surface area contributed by atoms with Crippen LogP contribution >= 0.6 is 11.6 Å². The van der Waals surface area contributed by atoms with Gasteiger partial charge >= 0.3 is 18.1 Å². The van der Waals surface area contributed by atoms with Crippen molar-refractivity contribution in [1.82, 2.24) is 24.8 Å². The molecule has 1 fully saturated rings. The van der Waals surface area contributed by atoms with Crippen LogP contribution < -0.4 is 5.32 Å². The number of hydrogen-bond donors (Lipinski definition) is 1. The van der Waals surface area contributed by atoms with Gasteiger partial charge < -0.3 is 14.8 Å². The zero-order chi connectivity index (χ0) is 22.9. The lowest BCUT2D eigenvalue weighted by Crippen LogP contribution is -2.55. The van der Waals surface area contributed by atoms with E-state index in [1.54, 1.807) is 18.2 Å². The molecule has 3 heterocycles.